The lowest BCUT2D eigenvalue weighted by molar-refractivity contribution is -0.124. The highest BCUT2D eigenvalue weighted by Crippen LogP contribution is 2.32. The van der Waals surface area contributed by atoms with E-state index < -0.39 is 0 Å². The van der Waals surface area contributed by atoms with Gasteiger partial charge in [0.15, 0.2) is 0 Å². The third kappa shape index (κ3) is 2.72. The van der Waals surface area contributed by atoms with Crippen LogP contribution in [0.3, 0.4) is 0 Å². The van der Waals surface area contributed by atoms with E-state index in [-0.39, 0.29) is 5.91 Å². The Morgan fingerprint density at radius 1 is 1.47 bits per heavy atom. The van der Waals surface area contributed by atoms with Crippen LogP contribution in [-0.4, -0.2) is 30.0 Å². The van der Waals surface area contributed by atoms with Crippen molar-refractivity contribution < 1.29 is 4.79 Å². The topological polar surface area (TPSA) is 45.2 Å². The van der Waals surface area contributed by atoms with Crippen molar-refractivity contribution in [2.45, 2.75) is 25.3 Å². The van der Waals surface area contributed by atoms with Crippen LogP contribution in [0.1, 0.15) is 19.3 Å². The molecular weight excluding hydrogens is 330 g/mol. The standard InChI is InChI=1S/C13H15BrClN3O/c14-10-5-9(15)6-16-13(10)18-4-3-11-8(7-18)1-2-12(19)17-11/h5-6,8,11H,1-4,7H2,(H,17,19). The largest absolute Gasteiger partial charge is 0.355 e. The average Bonchev–Trinajstić information content (AvgIpc) is 2.38. The summed E-state index contributed by atoms with van der Waals surface area (Å²) in [4.78, 5) is 18.1. The van der Waals surface area contributed by atoms with Crippen molar-refractivity contribution in [1.82, 2.24) is 10.3 Å². The summed E-state index contributed by atoms with van der Waals surface area (Å²) < 4.78 is 0.929. The van der Waals surface area contributed by atoms with Crippen molar-refractivity contribution >= 4 is 39.3 Å². The summed E-state index contributed by atoms with van der Waals surface area (Å²) in [6.07, 6.45) is 4.27. The summed E-state index contributed by atoms with van der Waals surface area (Å²) in [7, 11) is 0. The van der Waals surface area contributed by atoms with Gasteiger partial charge in [-0.1, -0.05) is 11.6 Å². The molecule has 1 aromatic heterocycles. The Morgan fingerprint density at radius 2 is 2.32 bits per heavy atom. The van der Waals surface area contributed by atoms with Gasteiger partial charge in [0.1, 0.15) is 5.82 Å². The molecule has 1 amide bonds. The second-order valence-corrected chi connectivity index (χ2v) is 6.46. The monoisotopic (exact) mass is 343 g/mol. The van der Waals surface area contributed by atoms with Crippen molar-refractivity contribution in [2.24, 2.45) is 5.92 Å². The van der Waals surface area contributed by atoms with Crippen molar-refractivity contribution in [2.75, 3.05) is 18.0 Å². The zero-order valence-corrected chi connectivity index (χ0v) is 12.7. The number of halogens is 2. The molecule has 3 heterocycles. The highest BCUT2D eigenvalue weighted by atomic mass is 79.9. The molecule has 0 spiro atoms. The minimum atomic E-state index is 0.195. The van der Waals surface area contributed by atoms with E-state index in [0.29, 0.717) is 23.4 Å². The minimum absolute atomic E-state index is 0.195. The fourth-order valence-corrected chi connectivity index (χ4v) is 3.83. The first-order valence-electron chi connectivity index (χ1n) is 6.49. The molecule has 0 aromatic carbocycles. The molecule has 2 saturated heterocycles. The first-order chi connectivity index (χ1) is 9.13. The van der Waals surface area contributed by atoms with Crippen LogP contribution in [0, 0.1) is 5.92 Å². The molecule has 2 unspecified atom stereocenters. The maximum absolute atomic E-state index is 11.4. The Hall–Kier alpha value is -0.810. The number of hydrogen-bond donors (Lipinski definition) is 1. The number of piperidine rings is 2. The molecule has 2 aliphatic rings. The normalized spacial score (nSPS) is 26.8. The van der Waals surface area contributed by atoms with Crippen molar-refractivity contribution in [3.05, 3.63) is 21.8 Å². The maximum Gasteiger partial charge on any atom is 0.220 e. The van der Waals surface area contributed by atoms with Gasteiger partial charge in [0, 0.05) is 31.7 Å². The number of fused-ring (bicyclic) bond motifs is 1. The summed E-state index contributed by atoms with van der Waals surface area (Å²) in [6, 6.07) is 2.21. The van der Waals surface area contributed by atoms with Crippen LogP contribution in [-0.2, 0) is 4.79 Å². The van der Waals surface area contributed by atoms with E-state index in [4.69, 9.17) is 11.6 Å². The molecule has 102 valence electrons. The maximum atomic E-state index is 11.4. The van der Waals surface area contributed by atoms with Crippen molar-refractivity contribution in [1.29, 1.82) is 0 Å². The Kier molecular flexibility index (Phi) is 3.67. The third-order valence-corrected chi connectivity index (χ3v) is 4.70. The highest BCUT2D eigenvalue weighted by Gasteiger charge is 2.34. The first kappa shape index (κ1) is 13.2. The lowest BCUT2D eigenvalue weighted by Crippen LogP contribution is -2.54. The molecular formula is C13H15BrClN3O. The Labute approximate surface area is 125 Å². The number of rotatable bonds is 1. The lowest BCUT2D eigenvalue weighted by Gasteiger charge is -2.42. The predicted octanol–water partition coefficient (Wildman–Crippen LogP) is 2.60. The number of anilines is 1. The van der Waals surface area contributed by atoms with Gasteiger partial charge in [-0.25, -0.2) is 4.98 Å². The molecule has 1 N–H and O–H groups in total. The Bertz CT molecular complexity index is 511. The zero-order valence-electron chi connectivity index (χ0n) is 10.4. The summed E-state index contributed by atoms with van der Waals surface area (Å²) in [5, 5.41) is 3.73. The van der Waals surface area contributed by atoms with Gasteiger partial charge in [-0.05, 0) is 40.8 Å². The molecule has 3 rings (SSSR count). The fourth-order valence-electron chi connectivity index (χ4n) is 2.94. The summed E-state index contributed by atoms with van der Waals surface area (Å²) in [5.41, 5.74) is 0. The molecule has 1 aromatic rings. The fraction of sp³-hybridized carbons (Fsp3) is 0.538. The molecule has 4 nitrogen and oxygen atoms in total. The number of nitrogens with one attached hydrogen (secondary N) is 1. The van der Waals surface area contributed by atoms with Crippen LogP contribution in [0.5, 0.6) is 0 Å². The highest BCUT2D eigenvalue weighted by molar-refractivity contribution is 9.10. The lowest BCUT2D eigenvalue weighted by atomic mass is 9.85. The van der Waals surface area contributed by atoms with E-state index >= 15 is 0 Å². The van der Waals surface area contributed by atoms with Crippen LogP contribution in [0.25, 0.3) is 0 Å². The number of carbonyl (C=O) groups excluding carboxylic acids is 1. The van der Waals surface area contributed by atoms with Crippen LogP contribution in [0.4, 0.5) is 5.82 Å². The van der Waals surface area contributed by atoms with Gasteiger partial charge in [0.25, 0.3) is 0 Å². The van der Waals surface area contributed by atoms with Gasteiger partial charge in [-0.15, -0.1) is 0 Å². The number of aromatic nitrogens is 1. The summed E-state index contributed by atoms with van der Waals surface area (Å²) in [5.74, 6) is 1.66. The summed E-state index contributed by atoms with van der Waals surface area (Å²) >= 11 is 9.45. The van der Waals surface area contributed by atoms with E-state index in [0.717, 1.165) is 36.2 Å². The van der Waals surface area contributed by atoms with Crippen LogP contribution < -0.4 is 10.2 Å². The number of amides is 1. The minimum Gasteiger partial charge on any atom is -0.355 e. The first-order valence-corrected chi connectivity index (χ1v) is 7.66. The van der Waals surface area contributed by atoms with Crippen LogP contribution in [0.2, 0.25) is 5.02 Å². The second kappa shape index (κ2) is 5.29. The molecule has 19 heavy (non-hydrogen) atoms. The molecule has 2 atom stereocenters. The molecule has 2 fully saturated rings. The Balaban J connectivity index is 1.76. The molecule has 0 aliphatic carbocycles. The smallest absolute Gasteiger partial charge is 0.220 e. The third-order valence-electron chi connectivity index (χ3n) is 3.91. The van der Waals surface area contributed by atoms with E-state index in [2.05, 4.69) is 31.1 Å². The number of hydrogen-bond acceptors (Lipinski definition) is 3. The number of carbonyl (C=O) groups is 1. The zero-order chi connectivity index (χ0) is 13.4. The van der Waals surface area contributed by atoms with Gasteiger partial charge >= 0.3 is 0 Å². The van der Waals surface area contributed by atoms with E-state index in [1.807, 2.05) is 6.07 Å². The molecule has 0 saturated carbocycles. The number of pyridine rings is 1. The van der Waals surface area contributed by atoms with Gasteiger partial charge in [0.05, 0.1) is 9.50 Å². The van der Waals surface area contributed by atoms with E-state index in [1.165, 1.54) is 0 Å². The quantitative estimate of drug-likeness (QED) is 0.852. The van der Waals surface area contributed by atoms with Gasteiger partial charge in [-0.2, -0.15) is 0 Å². The van der Waals surface area contributed by atoms with Crippen LogP contribution in [0.15, 0.2) is 16.7 Å². The Morgan fingerprint density at radius 3 is 3.11 bits per heavy atom. The predicted molar refractivity (Wildman–Crippen MR) is 78.4 cm³/mol. The second-order valence-electron chi connectivity index (χ2n) is 5.17. The van der Waals surface area contributed by atoms with Gasteiger partial charge < -0.3 is 10.2 Å². The van der Waals surface area contributed by atoms with E-state index in [9.17, 15) is 4.79 Å². The molecule has 6 heteroatoms. The van der Waals surface area contributed by atoms with Crippen LogP contribution >= 0.6 is 27.5 Å². The SMILES string of the molecule is O=C1CCC2CN(c3ncc(Cl)cc3Br)CCC2N1. The van der Waals surface area contributed by atoms with Crippen molar-refractivity contribution in [3.8, 4) is 0 Å². The van der Waals surface area contributed by atoms with Gasteiger partial charge in [-0.3, -0.25) is 4.79 Å². The number of nitrogens with zero attached hydrogens (tertiary/aromatic N) is 2. The summed E-state index contributed by atoms with van der Waals surface area (Å²) in [6.45, 7) is 1.85. The average molecular weight is 345 g/mol. The molecule has 2 aliphatic heterocycles. The molecule has 0 radical (unpaired) electrons. The van der Waals surface area contributed by atoms with E-state index in [1.54, 1.807) is 6.20 Å². The van der Waals surface area contributed by atoms with Gasteiger partial charge in [0.2, 0.25) is 5.91 Å². The van der Waals surface area contributed by atoms with Crippen molar-refractivity contribution in [3.63, 3.8) is 0 Å². The molecule has 0 bridgehead atoms.